The number of nitrogens with one attached hydrogen (secondary N) is 2. The first kappa shape index (κ1) is 63.3. The summed E-state index contributed by atoms with van der Waals surface area (Å²) in [5.41, 5.74) is -0.381. The molecule has 0 aromatic carbocycles. The Kier molecular flexibility index (Phi) is 46.2. The van der Waals surface area contributed by atoms with Gasteiger partial charge in [0.1, 0.15) is 6.23 Å². The summed E-state index contributed by atoms with van der Waals surface area (Å²) in [6.45, 7) is 15.7. The predicted octanol–water partition coefficient (Wildman–Crippen LogP) is 13.6. The van der Waals surface area contributed by atoms with Crippen molar-refractivity contribution in [2.45, 2.75) is 278 Å². The van der Waals surface area contributed by atoms with Gasteiger partial charge in [-0.2, -0.15) is 5.26 Å². The molecule has 0 saturated carbocycles. The molecule has 3 N–H and O–H groups in total. The van der Waals surface area contributed by atoms with Gasteiger partial charge in [0.15, 0.2) is 9.03 Å². The number of hydrogen-bond acceptors (Lipinski definition) is 10. The molecule has 3 atom stereocenters. The summed E-state index contributed by atoms with van der Waals surface area (Å²) in [4.78, 5) is 25.4. The van der Waals surface area contributed by atoms with E-state index in [2.05, 4.69) is 51.8 Å². The minimum Gasteiger partial charge on any atom is -0.352 e. The molecule has 12 nitrogen and oxygen atoms in total. The van der Waals surface area contributed by atoms with Crippen LogP contribution in [0.4, 0.5) is 0 Å². The average Bonchev–Trinajstić information content (AvgIpc) is 3.74. The number of nitrogens with zero attached hydrogens (tertiary/aromatic N) is 2. The molecular weight excluding hydrogens is 840 g/mol. The van der Waals surface area contributed by atoms with Crippen LogP contribution in [0.2, 0.25) is 0 Å². The molecule has 1 aliphatic heterocycles. The molecule has 65 heavy (non-hydrogen) atoms. The zero-order chi connectivity index (χ0) is 48.0. The first-order valence-corrected chi connectivity index (χ1v) is 27.4. The molecule has 2 rings (SSSR count). The Balaban J connectivity index is 0.00000118. The average molecular weight is 941 g/mol. The fraction of sp³-hybridized carbons (Fsp3) is 0.904. The fourth-order valence-corrected chi connectivity index (χ4v) is 8.32. The second-order valence-corrected chi connectivity index (χ2v) is 19.4. The van der Waals surface area contributed by atoms with Crippen LogP contribution in [0, 0.1) is 18.3 Å². The number of H-pyrrole nitrogens is 1. The standard InChI is InChI=1S/C33H68O3.C13H18N3O5P.C6H15N/c1-3-5-7-9-11-13-15-17-19-21-23-25-27-29-31-35-33(34)36-32-30-28-26-24-22-20-18-16-14-12-10-8-6-4-2;1-9-7-16(13(18)15-12(9)17)11-4-3-10(21-11)8-20-22-19-6-2-5-14;1-5(2)7-6(3)4/h33-34H,3-32H2,1-2H3;7,10-11,22H,2-4,6,8H2,1H3,(H,15,17,18);5-7H,1-4H3. The van der Waals surface area contributed by atoms with Gasteiger partial charge in [-0.15, -0.1) is 0 Å². The van der Waals surface area contributed by atoms with Crippen molar-refractivity contribution < 1.29 is 28.4 Å². The number of aliphatic hydroxyl groups excluding tert-OH is 1. The number of aliphatic hydroxyl groups is 1. The van der Waals surface area contributed by atoms with Gasteiger partial charge in [0.2, 0.25) is 0 Å². The molecule has 0 amide bonds. The van der Waals surface area contributed by atoms with Crippen molar-refractivity contribution in [1.29, 1.82) is 5.26 Å². The molecular formula is C52H101N4O8P. The molecule has 1 aliphatic rings. The SMILES string of the molecule is CC(C)NC(C)C.CCCCCCCCCCCCCCCCOC(O)OCCCCCCCCCCCCCCCC.Cc1cn(C2CCC(COPOCCC#N)O2)c(=O)[nH]c1=O. The lowest BCUT2D eigenvalue weighted by molar-refractivity contribution is -0.263. The van der Waals surface area contributed by atoms with Crippen LogP contribution in [0.5, 0.6) is 0 Å². The van der Waals surface area contributed by atoms with E-state index >= 15 is 0 Å². The number of aromatic nitrogens is 2. The van der Waals surface area contributed by atoms with Crippen molar-refractivity contribution in [3.05, 3.63) is 32.6 Å². The maximum absolute atomic E-state index is 11.8. The molecule has 382 valence electrons. The highest BCUT2D eigenvalue weighted by atomic mass is 31.1. The van der Waals surface area contributed by atoms with Crippen LogP contribution in [-0.2, 0) is 23.3 Å². The second kappa shape index (κ2) is 47.4. The van der Waals surface area contributed by atoms with E-state index in [0.717, 1.165) is 19.3 Å². The van der Waals surface area contributed by atoms with Crippen molar-refractivity contribution in [3.63, 3.8) is 0 Å². The number of hydrogen-bond donors (Lipinski definition) is 3. The zero-order valence-electron chi connectivity index (χ0n) is 42.9. The van der Waals surface area contributed by atoms with Gasteiger partial charge in [-0.05, 0) is 32.6 Å². The summed E-state index contributed by atoms with van der Waals surface area (Å²) in [5.74, 6) is 0. The third-order valence-electron chi connectivity index (χ3n) is 11.4. The van der Waals surface area contributed by atoms with Gasteiger partial charge < -0.3 is 33.7 Å². The topological polar surface area (TPSA) is 157 Å². The van der Waals surface area contributed by atoms with E-state index in [1.54, 1.807) is 6.92 Å². The molecule has 1 saturated heterocycles. The largest absolute Gasteiger partial charge is 0.352 e. The lowest BCUT2D eigenvalue weighted by Gasteiger charge is -2.16. The van der Waals surface area contributed by atoms with Crippen molar-refractivity contribution in [1.82, 2.24) is 14.9 Å². The van der Waals surface area contributed by atoms with E-state index in [9.17, 15) is 14.7 Å². The third kappa shape index (κ3) is 42.2. The van der Waals surface area contributed by atoms with Crippen molar-refractivity contribution in [2.75, 3.05) is 26.4 Å². The Morgan fingerprint density at radius 3 is 1.49 bits per heavy atom. The summed E-state index contributed by atoms with van der Waals surface area (Å²) in [7, 11) is -0.126. The number of nitriles is 1. The molecule has 0 radical (unpaired) electrons. The number of unbranched alkanes of at least 4 members (excludes halogenated alkanes) is 26. The van der Waals surface area contributed by atoms with Gasteiger partial charge in [-0.25, -0.2) is 4.79 Å². The molecule has 0 bridgehead atoms. The van der Waals surface area contributed by atoms with Crippen LogP contribution in [0.25, 0.3) is 0 Å². The van der Waals surface area contributed by atoms with E-state index in [1.807, 2.05) is 6.07 Å². The molecule has 1 aromatic rings. The van der Waals surface area contributed by atoms with E-state index in [1.165, 1.54) is 178 Å². The van der Waals surface area contributed by atoms with Crippen molar-refractivity contribution >= 4 is 9.03 Å². The Morgan fingerprint density at radius 2 is 1.11 bits per heavy atom. The molecule has 1 fully saturated rings. The summed E-state index contributed by atoms with van der Waals surface area (Å²) in [6.07, 6.45) is 40.8. The monoisotopic (exact) mass is 941 g/mol. The zero-order valence-corrected chi connectivity index (χ0v) is 43.9. The number of aromatic amines is 1. The van der Waals surface area contributed by atoms with E-state index < -0.39 is 12.2 Å². The normalized spacial score (nSPS) is 14.9. The first-order chi connectivity index (χ1) is 31.5. The Labute approximate surface area is 399 Å². The third-order valence-corrected chi connectivity index (χ3v) is 12.0. The van der Waals surface area contributed by atoms with Crippen LogP contribution in [0.3, 0.4) is 0 Å². The number of rotatable bonds is 41. The lowest BCUT2D eigenvalue weighted by atomic mass is 10.0. The Hall–Kier alpha value is -1.68. The van der Waals surface area contributed by atoms with Gasteiger partial charge in [0.05, 0.1) is 45.0 Å². The summed E-state index contributed by atoms with van der Waals surface area (Å²) in [5, 5.41) is 21.5. The van der Waals surface area contributed by atoms with Gasteiger partial charge in [-0.3, -0.25) is 14.3 Å². The molecule has 3 unspecified atom stereocenters. The molecule has 2 heterocycles. The Bertz CT molecular complexity index is 1280. The van der Waals surface area contributed by atoms with Crippen LogP contribution in [0.15, 0.2) is 15.8 Å². The second-order valence-electron chi connectivity index (χ2n) is 18.6. The van der Waals surface area contributed by atoms with Crippen molar-refractivity contribution in [2.24, 2.45) is 0 Å². The number of ether oxygens (including phenoxy) is 3. The van der Waals surface area contributed by atoms with Gasteiger partial charge >= 0.3 is 5.69 Å². The van der Waals surface area contributed by atoms with Gasteiger partial charge in [0.25, 0.3) is 12.0 Å². The summed E-state index contributed by atoms with van der Waals surface area (Å²) in [6, 6.07) is 3.23. The number of aryl methyl sites for hydroxylation is 1. The maximum atomic E-state index is 11.8. The molecule has 1 aromatic heterocycles. The van der Waals surface area contributed by atoms with E-state index in [4.69, 9.17) is 28.5 Å². The highest BCUT2D eigenvalue weighted by molar-refractivity contribution is 7.26. The van der Waals surface area contributed by atoms with Crippen molar-refractivity contribution in [3.8, 4) is 6.07 Å². The molecule has 0 spiro atoms. The van der Waals surface area contributed by atoms with Crippen LogP contribution >= 0.6 is 9.03 Å². The Morgan fingerprint density at radius 1 is 0.692 bits per heavy atom. The van der Waals surface area contributed by atoms with E-state index in [-0.39, 0.29) is 26.9 Å². The molecule has 13 heteroatoms. The summed E-state index contributed by atoms with van der Waals surface area (Å²) < 4.78 is 28.4. The highest BCUT2D eigenvalue weighted by Gasteiger charge is 2.27. The minimum absolute atomic E-state index is 0.115. The predicted molar refractivity (Wildman–Crippen MR) is 272 cm³/mol. The minimum atomic E-state index is -1.03. The smallest absolute Gasteiger partial charge is 0.330 e. The van der Waals surface area contributed by atoms with Gasteiger partial charge in [0, 0.05) is 23.8 Å². The van der Waals surface area contributed by atoms with Crippen LogP contribution < -0.4 is 16.6 Å². The summed E-state index contributed by atoms with van der Waals surface area (Å²) >= 11 is 0. The quantitative estimate of drug-likeness (QED) is 0.0328. The van der Waals surface area contributed by atoms with Crippen LogP contribution in [-0.4, -0.2) is 65.7 Å². The highest BCUT2D eigenvalue weighted by Crippen LogP contribution is 2.29. The van der Waals surface area contributed by atoms with E-state index in [0.29, 0.717) is 56.9 Å². The maximum Gasteiger partial charge on any atom is 0.330 e. The first-order valence-electron chi connectivity index (χ1n) is 26.6. The fourth-order valence-electron chi connectivity index (χ4n) is 7.80. The lowest BCUT2D eigenvalue weighted by Crippen LogP contribution is -2.33. The van der Waals surface area contributed by atoms with Gasteiger partial charge in [-0.1, -0.05) is 208 Å². The molecule has 0 aliphatic carbocycles. The van der Waals surface area contributed by atoms with Crippen LogP contribution in [0.1, 0.15) is 252 Å².